The Balaban J connectivity index is 1.55. The normalized spacial score (nSPS) is 14.5. The third-order valence-electron chi connectivity index (χ3n) is 5.45. The van der Waals surface area contributed by atoms with E-state index in [0.29, 0.717) is 42.7 Å². The fourth-order valence-electron chi connectivity index (χ4n) is 3.50. The number of nitrogens with zero attached hydrogens (tertiary/aromatic N) is 1. The summed E-state index contributed by atoms with van der Waals surface area (Å²) >= 11 is 0. The van der Waals surface area contributed by atoms with Crippen LogP contribution >= 0.6 is 0 Å². The first-order chi connectivity index (χ1) is 14.4. The predicted octanol–water partition coefficient (Wildman–Crippen LogP) is 4.02. The molecule has 30 heavy (non-hydrogen) atoms. The predicted molar refractivity (Wildman–Crippen MR) is 116 cm³/mol. The van der Waals surface area contributed by atoms with Crippen molar-refractivity contribution in [1.29, 1.82) is 0 Å². The largest absolute Gasteiger partial charge is 0.497 e. The zero-order valence-corrected chi connectivity index (χ0v) is 17.7. The number of piperidine rings is 1. The number of ketones is 1. The Bertz CT molecular complexity index is 896. The van der Waals surface area contributed by atoms with Gasteiger partial charge in [-0.2, -0.15) is 0 Å². The van der Waals surface area contributed by atoms with Gasteiger partial charge in [0.25, 0.3) is 5.91 Å². The summed E-state index contributed by atoms with van der Waals surface area (Å²) in [6, 6.07) is 14.1. The maximum absolute atomic E-state index is 12.8. The van der Waals surface area contributed by atoms with E-state index in [1.54, 1.807) is 60.5 Å². The smallest absolute Gasteiger partial charge is 0.253 e. The minimum atomic E-state index is -0.103. The molecule has 6 heteroatoms. The molecule has 6 nitrogen and oxygen atoms in total. The second kappa shape index (κ2) is 9.57. The number of methoxy groups -OCH3 is 1. The van der Waals surface area contributed by atoms with Crippen molar-refractivity contribution in [3.63, 3.8) is 0 Å². The van der Waals surface area contributed by atoms with Crippen LogP contribution in [0.3, 0.4) is 0 Å². The molecule has 0 radical (unpaired) electrons. The summed E-state index contributed by atoms with van der Waals surface area (Å²) in [5.74, 6) is 0.561. The Labute approximate surface area is 177 Å². The zero-order valence-electron chi connectivity index (χ0n) is 17.7. The van der Waals surface area contributed by atoms with Crippen molar-refractivity contribution in [1.82, 2.24) is 4.90 Å². The molecular weight excluding hydrogens is 380 g/mol. The Morgan fingerprint density at radius 2 is 1.50 bits per heavy atom. The second-order valence-corrected chi connectivity index (χ2v) is 7.88. The van der Waals surface area contributed by atoms with E-state index < -0.39 is 0 Å². The third kappa shape index (κ3) is 5.06. The van der Waals surface area contributed by atoms with Gasteiger partial charge in [-0.05, 0) is 61.4 Å². The molecule has 1 aliphatic heterocycles. The van der Waals surface area contributed by atoms with Crippen LogP contribution in [0.15, 0.2) is 48.5 Å². The van der Waals surface area contributed by atoms with Crippen molar-refractivity contribution < 1.29 is 19.1 Å². The lowest BCUT2D eigenvalue weighted by Gasteiger charge is -2.31. The summed E-state index contributed by atoms with van der Waals surface area (Å²) in [6.07, 6.45) is 1.30. The van der Waals surface area contributed by atoms with Crippen molar-refractivity contribution >= 4 is 23.3 Å². The average molecular weight is 408 g/mol. The molecule has 158 valence electrons. The van der Waals surface area contributed by atoms with Gasteiger partial charge in [0.15, 0.2) is 5.78 Å². The summed E-state index contributed by atoms with van der Waals surface area (Å²) in [4.78, 5) is 39.1. The van der Waals surface area contributed by atoms with E-state index in [-0.39, 0.29) is 29.4 Å². The second-order valence-electron chi connectivity index (χ2n) is 7.88. The molecule has 0 aliphatic carbocycles. The lowest BCUT2D eigenvalue weighted by atomic mass is 9.88. The number of amides is 2. The van der Waals surface area contributed by atoms with Gasteiger partial charge in [0, 0.05) is 41.7 Å². The molecule has 0 spiro atoms. The summed E-state index contributed by atoms with van der Waals surface area (Å²) in [5, 5.41) is 2.82. The van der Waals surface area contributed by atoms with Crippen LogP contribution in [0.25, 0.3) is 0 Å². The Kier molecular flexibility index (Phi) is 6.87. The number of hydrogen-bond acceptors (Lipinski definition) is 4. The lowest BCUT2D eigenvalue weighted by molar-refractivity contribution is -0.118. The number of rotatable bonds is 6. The van der Waals surface area contributed by atoms with E-state index in [0.717, 1.165) is 5.75 Å². The third-order valence-corrected chi connectivity index (χ3v) is 5.45. The van der Waals surface area contributed by atoms with Crippen LogP contribution in [0.2, 0.25) is 0 Å². The van der Waals surface area contributed by atoms with Crippen LogP contribution in [0.4, 0.5) is 5.69 Å². The van der Waals surface area contributed by atoms with Gasteiger partial charge in [-0.25, -0.2) is 0 Å². The number of benzene rings is 2. The molecule has 0 atom stereocenters. The van der Waals surface area contributed by atoms with Crippen LogP contribution in [0.1, 0.15) is 47.4 Å². The molecule has 3 rings (SSSR count). The number of ether oxygens (including phenoxy) is 1. The molecule has 2 aromatic rings. The summed E-state index contributed by atoms with van der Waals surface area (Å²) in [6.45, 7) is 4.76. The van der Waals surface area contributed by atoms with Crippen LogP contribution in [0.5, 0.6) is 5.75 Å². The van der Waals surface area contributed by atoms with Crippen LogP contribution in [-0.4, -0.2) is 42.7 Å². The van der Waals surface area contributed by atoms with E-state index in [1.807, 2.05) is 13.8 Å². The van der Waals surface area contributed by atoms with Gasteiger partial charge in [0.05, 0.1) is 7.11 Å². The van der Waals surface area contributed by atoms with E-state index in [2.05, 4.69) is 5.32 Å². The lowest BCUT2D eigenvalue weighted by Crippen LogP contribution is -2.40. The molecule has 0 saturated carbocycles. The molecule has 2 amide bonds. The summed E-state index contributed by atoms with van der Waals surface area (Å²) < 4.78 is 5.14. The summed E-state index contributed by atoms with van der Waals surface area (Å²) in [5.41, 5.74) is 1.94. The molecule has 1 N–H and O–H groups in total. The minimum Gasteiger partial charge on any atom is -0.497 e. The number of Topliss-reactive ketones (excluding diaryl/α,β-unsaturated/α-hetero) is 1. The van der Waals surface area contributed by atoms with E-state index in [4.69, 9.17) is 4.74 Å². The molecule has 1 aliphatic rings. The van der Waals surface area contributed by atoms with Gasteiger partial charge in [-0.1, -0.05) is 13.8 Å². The van der Waals surface area contributed by atoms with Gasteiger partial charge >= 0.3 is 0 Å². The SMILES string of the molecule is COc1ccc(C(=O)C2CCN(C(=O)c3ccc(NC(=O)C(C)C)cc3)CC2)cc1. The Hall–Kier alpha value is -3.15. The van der Waals surface area contributed by atoms with Crippen molar-refractivity contribution in [3.05, 3.63) is 59.7 Å². The van der Waals surface area contributed by atoms with Crippen molar-refractivity contribution in [2.24, 2.45) is 11.8 Å². The van der Waals surface area contributed by atoms with E-state index >= 15 is 0 Å². The van der Waals surface area contributed by atoms with Crippen LogP contribution < -0.4 is 10.1 Å². The maximum atomic E-state index is 12.8. The highest BCUT2D eigenvalue weighted by Gasteiger charge is 2.28. The number of hydrogen-bond donors (Lipinski definition) is 1. The Morgan fingerprint density at radius 3 is 2.03 bits per heavy atom. The number of carbonyl (C=O) groups excluding carboxylic acids is 3. The van der Waals surface area contributed by atoms with Gasteiger partial charge in [-0.15, -0.1) is 0 Å². The molecule has 1 saturated heterocycles. The van der Waals surface area contributed by atoms with Crippen LogP contribution in [-0.2, 0) is 4.79 Å². The van der Waals surface area contributed by atoms with Gasteiger partial charge < -0.3 is 15.0 Å². The molecule has 0 bridgehead atoms. The number of likely N-dealkylation sites (tertiary alicyclic amines) is 1. The van der Waals surface area contributed by atoms with Gasteiger partial charge in [-0.3, -0.25) is 14.4 Å². The monoisotopic (exact) mass is 408 g/mol. The first-order valence-corrected chi connectivity index (χ1v) is 10.3. The van der Waals surface area contributed by atoms with Crippen molar-refractivity contribution in [2.45, 2.75) is 26.7 Å². The first kappa shape index (κ1) is 21.6. The maximum Gasteiger partial charge on any atom is 0.253 e. The number of nitrogens with one attached hydrogen (secondary N) is 1. The molecule has 0 aromatic heterocycles. The highest BCUT2D eigenvalue weighted by atomic mass is 16.5. The highest BCUT2D eigenvalue weighted by molar-refractivity contribution is 5.99. The number of carbonyl (C=O) groups is 3. The van der Waals surface area contributed by atoms with Crippen molar-refractivity contribution in [2.75, 3.05) is 25.5 Å². The van der Waals surface area contributed by atoms with Gasteiger partial charge in [0.2, 0.25) is 5.91 Å². The average Bonchev–Trinajstić information content (AvgIpc) is 2.78. The topological polar surface area (TPSA) is 75.7 Å². The van der Waals surface area contributed by atoms with E-state index in [9.17, 15) is 14.4 Å². The Morgan fingerprint density at radius 1 is 0.933 bits per heavy atom. The first-order valence-electron chi connectivity index (χ1n) is 10.3. The fourth-order valence-corrected chi connectivity index (χ4v) is 3.50. The molecule has 2 aromatic carbocycles. The summed E-state index contributed by atoms with van der Waals surface area (Å²) in [7, 11) is 1.60. The van der Waals surface area contributed by atoms with Crippen molar-refractivity contribution in [3.8, 4) is 5.75 Å². The molecule has 1 fully saturated rings. The number of anilines is 1. The van der Waals surface area contributed by atoms with Gasteiger partial charge in [0.1, 0.15) is 5.75 Å². The fraction of sp³-hybridized carbons (Fsp3) is 0.375. The minimum absolute atomic E-state index is 0.0490. The quantitative estimate of drug-likeness (QED) is 0.733. The molecule has 1 heterocycles. The molecule has 0 unspecified atom stereocenters. The highest BCUT2D eigenvalue weighted by Crippen LogP contribution is 2.24. The zero-order chi connectivity index (χ0) is 21.7. The standard InChI is InChI=1S/C24H28N2O4/c1-16(2)23(28)25-20-8-4-19(5-9-20)24(29)26-14-12-18(13-15-26)22(27)17-6-10-21(30-3)11-7-17/h4-11,16,18H,12-15H2,1-3H3,(H,25,28). The van der Waals surface area contributed by atoms with E-state index in [1.165, 1.54) is 0 Å². The molecular formula is C24H28N2O4. The van der Waals surface area contributed by atoms with Crippen LogP contribution in [0, 0.1) is 11.8 Å².